The third-order valence-electron chi connectivity index (χ3n) is 2.57. The van der Waals surface area contributed by atoms with Crippen molar-refractivity contribution >= 4 is 0 Å². The van der Waals surface area contributed by atoms with Gasteiger partial charge in [-0.05, 0) is 17.7 Å². The summed E-state index contributed by atoms with van der Waals surface area (Å²) in [5.74, 6) is 1.18. The van der Waals surface area contributed by atoms with Crippen molar-refractivity contribution in [3.8, 4) is 17.6 Å². The van der Waals surface area contributed by atoms with Crippen LogP contribution in [0.4, 0.5) is 0 Å². The minimum absolute atomic E-state index is 0.280. The molecule has 0 saturated carbocycles. The van der Waals surface area contributed by atoms with Gasteiger partial charge in [0.2, 0.25) is 0 Å². The molecule has 16 heavy (non-hydrogen) atoms. The Hall–Kier alpha value is -1.73. The summed E-state index contributed by atoms with van der Waals surface area (Å²) in [5, 5.41) is 8.94. The summed E-state index contributed by atoms with van der Waals surface area (Å²) < 4.78 is 11.1. The molecule has 1 unspecified atom stereocenters. The van der Waals surface area contributed by atoms with Crippen molar-refractivity contribution in [2.45, 2.75) is 12.3 Å². The molecule has 1 heterocycles. The molecule has 4 nitrogen and oxygen atoms in total. The zero-order chi connectivity index (χ0) is 11.4. The minimum atomic E-state index is -0.280. The third-order valence-corrected chi connectivity index (χ3v) is 2.57. The largest absolute Gasteiger partial charge is 0.490 e. The molecule has 0 amide bonds. The number of hydrogen-bond donors (Lipinski definition) is 1. The van der Waals surface area contributed by atoms with Crippen LogP contribution >= 0.6 is 0 Å². The van der Waals surface area contributed by atoms with Crippen LogP contribution < -0.4 is 15.2 Å². The van der Waals surface area contributed by atoms with Crippen LogP contribution in [0.25, 0.3) is 0 Å². The molecule has 1 aromatic rings. The van der Waals surface area contributed by atoms with Crippen LogP contribution in [0.3, 0.4) is 0 Å². The third kappa shape index (κ3) is 2.10. The molecule has 2 rings (SSSR count). The van der Waals surface area contributed by atoms with Gasteiger partial charge in [0.05, 0.1) is 25.2 Å². The zero-order valence-electron chi connectivity index (χ0n) is 8.98. The first-order valence-corrected chi connectivity index (χ1v) is 5.34. The van der Waals surface area contributed by atoms with Crippen LogP contribution in [0.2, 0.25) is 0 Å². The number of hydrogen-bond acceptors (Lipinski definition) is 4. The normalized spacial score (nSPS) is 16.0. The average molecular weight is 218 g/mol. The molecule has 0 radical (unpaired) electrons. The van der Waals surface area contributed by atoms with E-state index in [1.807, 2.05) is 18.2 Å². The Morgan fingerprint density at radius 3 is 2.75 bits per heavy atom. The van der Waals surface area contributed by atoms with Gasteiger partial charge in [-0.3, -0.25) is 0 Å². The summed E-state index contributed by atoms with van der Waals surface area (Å²) in [7, 11) is 0. The lowest BCUT2D eigenvalue weighted by atomic mass is 10.0. The number of fused-ring (bicyclic) bond motifs is 1. The first-order chi connectivity index (χ1) is 7.85. The number of nitriles is 1. The van der Waals surface area contributed by atoms with E-state index >= 15 is 0 Å². The molecule has 84 valence electrons. The summed E-state index contributed by atoms with van der Waals surface area (Å²) in [6, 6.07) is 7.73. The molecule has 1 aliphatic rings. The minimum Gasteiger partial charge on any atom is -0.490 e. The Morgan fingerprint density at radius 1 is 1.31 bits per heavy atom. The molecule has 4 heteroatoms. The fourth-order valence-electron chi connectivity index (χ4n) is 1.66. The van der Waals surface area contributed by atoms with Gasteiger partial charge in [0, 0.05) is 13.0 Å². The lowest BCUT2D eigenvalue weighted by molar-refractivity contribution is 0.297. The maximum absolute atomic E-state index is 8.94. The molecule has 2 N–H and O–H groups in total. The van der Waals surface area contributed by atoms with E-state index in [9.17, 15) is 0 Å². The molecule has 0 saturated heterocycles. The first kappa shape index (κ1) is 10.8. The van der Waals surface area contributed by atoms with Crippen molar-refractivity contribution in [3.05, 3.63) is 23.8 Å². The van der Waals surface area contributed by atoms with Crippen LogP contribution in [-0.4, -0.2) is 19.8 Å². The molecule has 0 spiro atoms. The van der Waals surface area contributed by atoms with Gasteiger partial charge in [0.25, 0.3) is 0 Å². The molecule has 0 bridgehead atoms. The van der Waals surface area contributed by atoms with E-state index in [1.165, 1.54) is 0 Å². The highest BCUT2D eigenvalue weighted by atomic mass is 16.5. The van der Waals surface area contributed by atoms with E-state index in [-0.39, 0.29) is 5.92 Å². The highest BCUT2D eigenvalue weighted by Gasteiger charge is 2.14. The smallest absolute Gasteiger partial charge is 0.161 e. The van der Waals surface area contributed by atoms with Crippen molar-refractivity contribution < 1.29 is 9.47 Å². The summed E-state index contributed by atoms with van der Waals surface area (Å²) in [6.45, 7) is 1.64. The standard InChI is InChI=1S/C12H14N2O2/c13-7-10(8-14)9-2-3-11-12(6-9)16-5-1-4-15-11/h2-3,6,10H,1,4-5,7,13H2. The second kappa shape index (κ2) is 4.86. The summed E-state index contributed by atoms with van der Waals surface area (Å²) in [4.78, 5) is 0. The Balaban J connectivity index is 2.31. The highest BCUT2D eigenvalue weighted by Crippen LogP contribution is 2.32. The maximum atomic E-state index is 8.94. The van der Waals surface area contributed by atoms with Gasteiger partial charge in [-0.15, -0.1) is 0 Å². The van der Waals surface area contributed by atoms with Crippen molar-refractivity contribution in [2.24, 2.45) is 5.73 Å². The van der Waals surface area contributed by atoms with E-state index in [2.05, 4.69) is 6.07 Å². The number of benzene rings is 1. The lowest BCUT2D eigenvalue weighted by Crippen LogP contribution is -2.10. The average Bonchev–Trinajstić information content (AvgIpc) is 2.55. The molecule has 0 fully saturated rings. The second-order valence-corrected chi connectivity index (χ2v) is 3.67. The first-order valence-electron chi connectivity index (χ1n) is 5.34. The zero-order valence-corrected chi connectivity index (χ0v) is 8.98. The van der Waals surface area contributed by atoms with Crippen LogP contribution in [0.15, 0.2) is 18.2 Å². The topological polar surface area (TPSA) is 68.3 Å². The monoisotopic (exact) mass is 218 g/mol. The predicted octanol–water partition coefficient (Wildman–Crippen LogP) is 1.41. The Morgan fingerprint density at radius 2 is 2.06 bits per heavy atom. The van der Waals surface area contributed by atoms with E-state index in [0.717, 1.165) is 17.7 Å². The van der Waals surface area contributed by atoms with Crippen molar-refractivity contribution in [1.82, 2.24) is 0 Å². The number of rotatable bonds is 2. The molecule has 1 atom stereocenters. The quantitative estimate of drug-likeness (QED) is 0.815. The van der Waals surface area contributed by atoms with Gasteiger partial charge in [0.1, 0.15) is 0 Å². The molecule has 1 aromatic carbocycles. The van der Waals surface area contributed by atoms with Gasteiger partial charge in [-0.1, -0.05) is 6.07 Å². The van der Waals surface area contributed by atoms with E-state index in [0.29, 0.717) is 25.5 Å². The number of nitrogens with two attached hydrogens (primary N) is 1. The van der Waals surface area contributed by atoms with Crippen LogP contribution in [0, 0.1) is 11.3 Å². The fraction of sp³-hybridized carbons (Fsp3) is 0.417. The number of nitrogens with zero attached hydrogens (tertiary/aromatic N) is 1. The van der Waals surface area contributed by atoms with Gasteiger partial charge in [0.15, 0.2) is 11.5 Å². The molecule has 0 aromatic heterocycles. The van der Waals surface area contributed by atoms with Crippen LogP contribution in [-0.2, 0) is 0 Å². The van der Waals surface area contributed by atoms with Gasteiger partial charge in [-0.2, -0.15) is 5.26 Å². The molecule has 0 aliphatic carbocycles. The second-order valence-electron chi connectivity index (χ2n) is 3.67. The molecular formula is C12H14N2O2. The van der Waals surface area contributed by atoms with Crippen molar-refractivity contribution in [3.63, 3.8) is 0 Å². The van der Waals surface area contributed by atoms with E-state index in [4.69, 9.17) is 20.5 Å². The van der Waals surface area contributed by atoms with Crippen LogP contribution in [0.5, 0.6) is 11.5 Å². The Bertz CT molecular complexity index is 412. The molecule has 1 aliphatic heterocycles. The van der Waals surface area contributed by atoms with Gasteiger partial charge >= 0.3 is 0 Å². The predicted molar refractivity (Wildman–Crippen MR) is 59.5 cm³/mol. The maximum Gasteiger partial charge on any atom is 0.161 e. The van der Waals surface area contributed by atoms with Gasteiger partial charge < -0.3 is 15.2 Å². The van der Waals surface area contributed by atoms with Crippen molar-refractivity contribution in [2.75, 3.05) is 19.8 Å². The highest BCUT2D eigenvalue weighted by molar-refractivity contribution is 5.45. The van der Waals surface area contributed by atoms with Crippen molar-refractivity contribution in [1.29, 1.82) is 5.26 Å². The summed E-state index contributed by atoms with van der Waals surface area (Å²) >= 11 is 0. The van der Waals surface area contributed by atoms with Gasteiger partial charge in [-0.25, -0.2) is 0 Å². The molecular weight excluding hydrogens is 204 g/mol. The van der Waals surface area contributed by atoms with Crippen LogP contribution in [0.1, 0.15) is 17.9 Å². The summed E-state index contributed by atoms with van der Waals surface area (Å²) in [5.41, 5.74) is 6.41. The number of ether oxygens (including phenoxy) is 2. The fourth-order valence-corrected chi connectivity index (χ4v) is 1.66. The Labute approximate surface area is 94.6 Å². The lowest BCUT2D eigenvalue weighted by Gasteiger charge is -2.11. The Kier molecular flexibility index (Phi) is 3.28. The van der Waals surface area contributed by atoms with E-state index < -0.39 is 0 Å². The van der Waals surface area contributed by atoms with E-state index in [1.54, 1.807) is 0 Å². The summed E-state index contributed by atoms with van der Waals surface area (Å²) in [6.07, 6.45) is 0.878. The SMILES string of the molecule is N#CC(CN)c1ccc2c(c1)OCCCO2.